The van der Waals surface area contributed by atoms with Gasteiger partial charge >= 0.3 is 0 Å². The maximum atomic E-state index is 14.4. The van der Waals surface area contributed by atoms with Gasteiger partial charge in [-0.2, -0.15) is 0 Å². The minimum atomic E-state index is -1.31. The van der Waals surface area contributed by atoms with E-state index in [1.807, 2.05) is 50.3 Å². The van der Waals surface area contributed by atoms with Crippen LogP contribution in [0.25, 0.3) is 0 Å². The third kappa shape index (κ3) is 3.38. The molecule has 4 heterocycles. The number of halogens is 1. The van der Waals surface area contributed by atoms with Crippen LogP contribution in [0.3, 0.4) is 0 Å². The Balaban J connectivity index is 1.69. The van der Waals surface area contributed by atoms with Crippen molar-refractivity contribution >= 4 is 35.0 Å². The van der Waals surface area contributed by atoms with Gasteiger partial charge in [-0.15, -0.1) is 0 Å². The zero-order valence-electron chi connectivity index (χ0n) is 20.8. The van der Waals surface area contributed by atoms with E-state index in [9.17, 15) is 19.5 Å². The molecular formula is C27H32ClN3O5. The van der Waals surface area contributed by atoms with Gasteiger partial charge in [-0.1, -0.05) is 55.0 Å². The second-order valence-corrected chi connectivity index (χ2v) is 10.5. The highest BCUT2D eigenvalue weighted by atomic mass is 35.5. The molecule has 1 unspecified atom stereocenters. The van der Waals surface area contributed by atoms with Crippen molar-refractivity contribution in [3.8, 4) is 0 Å². The van der Waals surface area contributed by atoms with Crippen molar-refractivity contribution in [3.63, 3.8) is 0 Å². The number of rotatable bonds is 5. The number of ether oxygens (including phenoxy) is 1. The predicted molar refractivity (Wildman–Crippen MR) is 135 cm³/mol. The fraction of sp³-hybridized carbons (Fsp3) is 0.519. The first-order chi connectivity index (χ1) is 17.2. The normalized spacial score (nSPS) is 33.5. The molecule has 9 heteroatoms. The Hall–Kier alpha value is -2.68. The standard InChI is InChI=1S/C27H32ClN3O5/c1-4-26-11-6-13-29(3)23(33)19(26)20-24(34)31(15-8-16-32)22-25(35)30(14-7-12-27(20,22)36-26)21-17(2)9-5-10-18(21)28/h5-7,9-12,19-20,22,32H,4,8,13-16H2,1-3H3/t19-,20-,22?,26+,27-/m0/s1. The molecule has 0 saturated carbocycles. The Morgan fingerprint density at radius 1 is 1.08 bits per heavy atom. The summed E-state index contributed by atoms with van der Waals surface area (Å²) in [6.45, 7) is 4.58. The van der Waals surface area contributed by atoms with Crippen LogP contribution in [0, 0.1) is 18.8 Å². The summed E-state index contributed by atoms with van der Waals surface area (Å²) in [6, 6.07) is 4.47. The average molecular weight is 514 g/mol. The maximum Gasteiger partial charge on any atom is 0.253 e. The molecule has 1 aromatic carbocycles. The van der Waals surface area contributed by atoms with E-state index in [0.717, 1.165) is 5.56 Å². The number of aliphatic hydroxyl groups is 1. The molecule has 4 aliphatic rings. The molecular weight excluding hydrogens is 482 g/mol. The third-order valence-electron chi connectivity index (χ3n) is 8.16. The van der Waals surface area contributed by atoms with Crippen molar-refractivity contribution in [2.24, 2.45) is 11.8 Å². The molecule has 36 heavy (non-hydrogen) atoms. The Kier molecular flexibility index (Phi) is 6.25. The molecule has 0 bridgehead atoms. The zero-order chi connectivity index (χ0) is 25.8. The van der Waals surface area contributed by atoms with Gasteiger partial charge in [0.15, 0.2) is 0 Å². The minimum absolute atomic E-state index is 0.126. The minimum Gasteiger partial charge on any atom is -0.396 e. The van der Waals surface area contributed by atoms with Crippen LogP contribution < -0.4 is 4.90 Å². The molecule has 2 saturated heterocycles. The highest BCUT2D eigenvalue weighted by molar-refractivity contribution is 6.34. The number of para-hydroxylation sites is 1. The summed E-state index contributed by atoms with van der Waals surface area (Å²) in [6.07, 6.45) is 8.29. The first-order valence-corrected chi connectivity index (χ1v) is 12.9. The van der Waals surface area contributed by atoms with Gasteiger partial charge in [0.1, 0.15) is 11.6 Å². The quantitative estimate of drug-likeness (QED) is 0.610. The molecule has 0 radical (unpaired) electrons. The third-order valence-corrected chi connectivity index (χ3v) is 8.46. The van der Waals surface area contributed by atoms with Crippen molar-refractivity contribution < 1.29 is 24.2 Å². The van der Waals surface area contributed by atoms with Crippen LogP contribution in [0.4, 0.5) is 5.69 Å². The monoisotopic (exact) mass is 513 g/mol. The number of fused-ring (bicyclic) bond motifs is 2. The summed E-state index contributed by atoms with van der Waals surface area (Å²) in [7, 11) is 1.72. The van der Waals surface area contributed by atoms with E-state index >= 15 is 0 Å². The van der Waals surface area contributed by atoms with Gasteiger partial charge in [0.2, 0.25) is 11.8 Å². The highest BCUT2D eigenvalue weighted by Crippen LogP contribution is 2.58. The summed E-state index contributed by atoms with van der Waals surface area (Å²) in [5, 5.41) is 9.99. The van der Waals surface area contributed by atoms with Crippen molar-refractivity contribution in [3.05, 3.63) is 53.1 Å². The zero-order valence-corrected chi connectivity index (χ0v) is 21.6. The number of hydrogen-bond donors (Lipinski definition) is 1. The van der Waals surface area contributed by atoms with Crippen LogP contribution in [0.1, 0.15) is 25.3 Å². The number of hydrogen-bond acceptors (Lipinski definition) is 5. The van der Waals surface area contributed by atoms with Crippen molar-refractivity contribution in [1.82, 2.24) is 9.80 Å². The highest BCUT2D eigenvalue weighted by Gasteiger charge is 2.75. The van der Waals surface area contributed by atoms with Crippen LogP contribution in [0.5, 0.6) is 0 Å². The van der Waals surface area contributed by atoms with Crippen LogP contribution in [0.15, 0.2) is 42.5 Å². The smallest absolute Gasteiger partial charge is 0.253 e. The Morgan fingerprint density at radius 3 is 2.53 bits per heavy atom. The van der Waals surface area contributed by atoms with Gasteiger partial charge in [0.05, 0.1) is 28.1 Å². The Bertz CT molecular complexity index is 1150. The molecule has 0 aliphatic carbocycles. The summed E-state index contributed by atoms with van der Waals surface area (Å²) < 4.78 is 6.87. The number of amides is 3. The van der Waals surface area contributed by atoms with Crippen molar-refractivity contribution in [2.75, 3.05) is 38.2 Å². The number of likely N-dealkylation sites (tertiary alicyclic amines) is 1. The summed E-state index contributed by atoms with van der Waals surface area (Å²) in [5.41, 5.74) is -0.877. The number of likely N-dealkylation sites (N-methyl/N-ethyl adjacent to an activating group) is 1. The summed E-state index contributed by atoms with van der Waals surface area (Å²) >= 11 is 6.56. The molecule has 1 spiro atoms. The van der Waals surface area contributed by atoms with E-state index in [1.54, 1.807) is 22.9 Å². The molecule has 1 aromatic rings. The van der Waals surface area contributed by atoms with Crippen molar-refractivity contribution in [2.45, 2.75) is 43.9 Å². The number of anilines is 1. The molecule has 192 valence electrons. The molecule has 1 N–H and O–H groups in total. The second-order valence-electron chi connectivity index (χ2n) is 10.1. The summed E-state index contributed by atoms with van der Waals surface area (Å²) in [5.74, 6) is -2.37. The fourth-order valence-corrected chi connectivity index (χ4v) is 6.85. The van der Waals surface area contributed by atoms with Crippen LogP contribution in [-0.4, -0.2) is 83.2 Å². The van der Waals surface area contributed by atoms with Gasteiger partial charge < -0.3 is 24.5 Å². The molecule has 4 aliphatic heterocycles. The molecule has 2 fully saturated rings. The number of aliphatic hydroxyl groups excluding tert-OH is 1. The van der Waals surface area contributed by atoms with Gasteiger partial charge in [-0.3, -0.25) is 14.4 Å². The lowest BCUT2D eigenvalue weighted by atomic mass is 9.73. The number of carbonyl (C=O) groups excluding carboxylic acids is 3. The SMILES string of the molecule is CC[C@@]12C=CCN(C)C(=O)[C@@H]1[C@H]1C(=O)N(CCCO)C3C(=O)N(c4c(C)cccc4Cl)CC=C[C@@]31O2. The van der Waals surface area contributed by atoms with Gasteiger partial charge in [0.25, 0.3) is 5.91 Å². The van der Waals surface area contributed by atoms with Crippen LogP contribution in [-0.2, 0) is 19.1 Å². The largest absolute Gasteiger partial charge is 0.396 e. The van der Waals surface area contributed by atoms with E-state index in [1.165, 1.54) is 4.90 Å². The lowest BCUT2D eigenvalue weighted by Crippen LogP contribution is -2.56. The first kappa shape index (κ1) is 25.0. The number of benzene rings is 1. The fourth-order valence-electron chi connectivity index (χ4n) is 6.53. The maximum absolute atomic E-state index is 14.4. The topological polar surface area (TPSA) is 90.4 Å². The van der Waals surface area contributed by atoms with Gasteiger partial charge in [-0.05, 0) is 31.4 Å². The van der Waals surface area contributed by atoms with E-state index in [-0.39, 0.29) is 37.4 Å². The lowest BCUT2D eigenvalue weighted by Gasteiger charge is -2.38. The second kappa shape index (κ2) is 9.01. The summed E-state index contributed by atoms with van der Waals surface area (Å²) in [4.78, 5) is 46.9. The average Bonchev–Trinajstić information content (AvgIpc) is 3.15. The molecule has 0 aromatic heterocycles. The van der Waals surface area contributed by atoms with Crippen molar-refractivity contribution in [1.29, 1.82) is 0 Å². The van der Waals surface area contributed by atoms with E-state index < -0.39 is 29.1 Å². The molecule has 5 atom stereocenters. The number of carbonyl (C=O) groups is 3. The van der Waals surface area contributed by atoms with Gasteiger partial charge in [0, 0.05) is 33.3 Å². The Morgan fingerprint density at radius 2 is 1.83 bits per heavy atom. The van der Waals surface area contributed by atoms with E-state index in [4.69, 9.17) is 16.3 Å². The molecule has 5 rings (SSSR count). The van der Waals surface area contributed by atoms with Crippen LogP contribution >= 0.6 is 11.6 Å². The lowest BCUT2D eigenvalue weighted by molar-refractivity contribution is -0.149. The van der Waals surface area contributed by atoms with E-state index in [0.29, 0.717) is 30.1 Å². The Labute approximate surface area is 216 Å². The number of nitrogens with zero attached hydrogens (tertiary/aromatic N) is 3. The molecule has 3 amide bonds. The predicted octanol–water partition coefficient (Wildman–Crippen LogP) is 2.32. The van der Waals surface area contributed by atoms with Crippen LogP contribution in [0.2, 0.25) is 5.02 Å². The molecule has 8 nitrogen and oxygen atoms in total. The van der Waals surface area contributed by atoms with E-state index in [2.05, 4.69) is 0 Å². The number of aryl methyl sites for hydroxylation is 1. The van der Waals surface area contributed by atoms with Gasteiger partial charge in [-0.25, -0.2) is 0 Å². The first-order valence-electron chi connectivity index (χ1n) is 12.5.